The fourth-order valence-corrected chi connectivity index (χ4v) is 3.69. The molecular formula is C21H27NO4S. The van der Waals surface area contributed by atoms with Crippen molar-refractivity contribution in [2.24, 2.45) is 0 Å². The van der Waals surface area contributed by atoms with Gasteiger partial charge in [0.2, 0.25) is 5.91 Å². The number of nitrogens with one attached hydrogen (secondary N) is 1. The average Bonchev–Trinajstić information content (AvgIpc) is 2.62. The van der Waals surface area contributed by atoms with E-state index >= 15 is 0 Å². The summed E-state index contributed by atoms with van der Waals surface area (Å²) >= 11 is 0. The summed E-state index contributed by atoms with van der Waals surface area (Å²) in [5, 5.41) is 2.75. The number of rotatable bonds is 9. The van der Waals surface area contributed by atoms with E-state index in [2.05, 4.69) is 12.2 Å². The maximum Gasteiger partial charge on any atom is 0.339 e. The summed E-state index contributed by atoms with van der Waals surface area (Å²) in [5.41, 5.74) is 1.26. The van der Waals surface area contributed by atoms with Crippen molar-refractivity contribution in [3.63, 3.8) is 0 Å². The highest BCUT2D eigenvalue weighted by Crippen LogP contribution is 2.29. The van der Waals surface area contributed by atoms with Crippen LogP contribution in [0, 0.1) is 0 Å². The number of anilines is 1. The highest BCUT2D eigenvalue weighted by Gasteiger charge is 2.20. The van der Waals surface area contributed by atoms with Crippen molar-refractivity contribution in [2.75, 3.05) is 5.32 Å². The molecule has 0 bridgehead atoms. The van der Waals surface area contributed by atoms with Crippen LogP contribution in [0.5, 0.6) is 5.75 Å². The van der Waals surface area contributed by atoms with Gasteiger partial charge in [0.1, 0.15) is 10.6 Å². The van der Waals surface area contributed by atoms with Gasteiger partial charge in [-0.2, -0.15) is 8.42 Å². The maximum atomic E-state index is 12.7. The Hall–Kier alpha value is -2.34. The molecule has 5 nitrogen and oxygen atoms in total. The number of unbranched alkanes of at least 4 members (excludes halogenated alkanes) is 2. The Labute approximate surface area is 161 Å². The third kappa shape index (κ3) is 6.10. The molecule has 0 aliphatic carbocycles. The molecule has 0 aliphatic rings. The molecule has 0 saturated carbocycles. The van der Waals surface area contributed by atoms with E-state index in [0.29, 0.717) is 17.9 Å². The zero-order chi connectivity index (χ0) is 19.9. The summed E-state index contributed by atoms with van der Waals surface area (Å²) in [6, 6.07) is 13.2. The lowest BCUT2D eigenvalue weighted by atomic mass is 10.0. The maximum absolute atomic E-state index is 12.7. The summed E-state index contributed by atoms with van der Waals surface area (Å²) in [4.78, 5) is 12.0. The van der Waals surface area contributed by atoms with E-state index in [4.69, 9.17) is 4.18 Å². The van der Waals surface area contributed by atoms with Crippen LogP contribution in [0.1, 0.15) is 57.9 Å². The first-order valence-electron chi connectivity index (χ1n) is 9.27. The van der Waals surface area contributed by atoms with Crippen molar-refractivity contribution in [3.05, 3.63) is 54.1 Å². The van der Waals surface area contributed by atoms with E-state index in [1.165, 1.54) is 12.1 Å². The number of para-hydroxylation sites is 1. The van der Waals surface area contributed by atoms with Gasteiger partial charge in [-0.05, 0) is 42.2 Å². The molecule has 0 fully saturated rings. The topological polar surface area (TPSA) is 72.5 Å². The summed E-state index contributed by atoms with van der Waals surface area (Å²) < 4.78 is 30.8. The zero-order valence-corrected chi connectivity index (χ0v) is 16.9. The first-order valence-corrected chi connectivity index (χ1v) is 10.7. The summed E-state index contributed by atoms with van der Waals surface area (Å²) in [5.74, 6) is 0.329. The van der Waals surface area contributed by atoms with Crippen molar-refractivity contribution in [1.29, 1.82) is 0 Å². The monoisotopic (exact) mass is 389 g/mol. The minimum absolute atomic E-state index is 0.00687. The quantitative estimate of drug-likeness (QED) is 0.478. The molecule has 0 spiro atoms. The number of carbonyl (C=O) groups is 1. The minimum atomic E-state index is -4.00. The SMILES string of the molecule is CCCCCC(=O)Nc1cccc(S(=O)(=O)Oc2ccccc2C(C)C)c1. The Balaban J connectivity index is 2.16. The molecule has 2 aromatic carbocycles. The summed E-state index contributed by atoms with van der Waals surface area (Å²) in [6.45, 7) is 6.02. The van der Waals surface area contributed by atoms with Gasteiger partial charge in [-0.25, -0.2) is 0 Å². The Morgan fingerprint density at radius 1 is 1.07 bits per heavy atom. The van der Waals surface area contributed by atoms with Crippen molar-refractivity contribution in [1.82, 2.24) is 0 Å². The van der Waals surface area contributed by atoms with Gasteiger partial charge in [0.25, 0.3) is 0 Å². The molecule has 2 rings (SSSR count). The molecule has 6 heteroatoms. The van der Waals surface area contributed by atoms with Crippen LogP contribution in [0.4, 0.5) is 5.69 Å². The fraction of sp³-hybridized carbons (Fsp3) is 0.381. The predicted octanol–water partition coefficient (Wildman–Crippen LogP) is 5.10. The van der Waals surface area contributed by atoms with Crippen LogP contribution in [0.2, 0.25) is 0 Å². The van der Waals surface area contributed by atoms with Crippen LogP contribution in [0.25, 0.3) is 0 Å². The highest BCUT2D eigenvalue weighted by atomic mass is 32.2. The lowest BCUT2D eigenvalue weighted by Gasteiger charge is -2.14. The van der Waals surface area contributed by atoms with Crippen LogP contribution in [0.15, 0.2) is 53.4 Å². The molecule has 0 unspecified atom stereocenters. The van der Waals surface area contributed by atoms with E-state index in [1.807, 2.05) is 26.0 Å². The number of amides is 1. The molecule has 146 valence electrons. The second kappa shape index (κ2) is 9.55. The molecule has 0 heterocycles. The summed E-state index contributed by atoms with van der Waals surface area (Å²) in [6.07, 6.45) is 3.26. The Morgan fingerprint density at radius 3 is 2.52 bits per heavy atom. The first kappa shape index (κ1) is 21.0. The molecule has 0 aromatic heterocycles. The molecular weight excluding hydrogens is 362 g/mol. The number of carbonyl (C=O) groups excluding carboxylic acids is 1. The minimum Gasteiger partial charge on any atom is -0.379 e. The standard InChI is InChI=1S/C21H27NO4S/c1-4-5-6-14-21(23)22-17-10-9-11-18(15-17)27(24,25)26-20-13-8-7-12-19(20)16(2)3/h7-13,15-16H,4-6,14H2,1-3H3,(H,22,23). The first-order chi connectivity index (χ1) is 12.8. The molecule has 0 radical (unpaired) electrons. The largest absolute Gasteiger partial charge is 0.379 e. The number of hydrogen-bond donors (Lipinski definition) is 1. The Morgan fingerprint density at radius 2 is 1.81 bits per heavy atom. The van der Waals surface area contributed by atoms with E-state index in [1.54, 1.807) is 24.3 Å². The Bertz CT molecular complexity index is 875. The number of hydrogen-bond acceptors (Lipinski definition) is 4. The van der Waals surface area contributed by atoms with Crippen molar-refractivity contribution >= 4 is 21.7 Å². The van der Waals surface area contributed by atoms with Crippen LogP contribution in [0.3, 0.4) is 0 Å². The normalized spacial score (nSPS) is 11.4. The number of benzene rings is 2. The lowest BCUT2D eigenvalue weighted by Crippen LogP contribution is -2.14. The third-order valence-corrected chi connectivity index (χ3v) is 5.38. The van der Waals surface area contributed by atoms with Gasteiger partial charge in [-0.3, -0.25) is 4.79 Å². The second-order valence-electron chi connectivity index (χ2n) is 6.76. The van der Waals surface area contributed by atoms with Gasteiger partial charge in [0.15, 0.2) is 0 Å². The van der Waals surface area contributed by atoms with Gasteiger partial charge < -0.3 is 9.50 Å². The molecule has 0 atom stereocenters. The lowest BCUT2D eigenvalue weighted by molar-refractivity contribution is -0.116. The van der Waals surface area contributed by atoms with E-state index in [0.717, 1.165) is 24.8 Å². The van der Waals surface area contributed by atoms with Crippen molar-refractivity contribution in [2.45, 2.75) is 57.3 Å². The third-order valence-electron chi connectivity index (χ3n) is 4.15. The summed E-state index contributed by atoms with van der Waals surface area (Å²) in [7, 11) is -4.00. The van der Waals surface area contributed by atoms with Crippen LogP contribution in [-0.4, -0.2) is 14.3 Å². The second-order valence-corrected chi connectivity index (χ2v) is 8.31. The van der Waals surface area contributed by atoms with Gasteiger partial charge in [0, 0.05) is 12.1 Å². The molecule has 27 heavy (non-hydrogen) atoms. The Kier molecular flexibility index (Phi) is 7.42. The van der Waals surface area contributed by atoms with Crippen LogP contribution in [-0.2, 0) is 14.9 Å². The van der Waals surface area contributed by atoms with Gasteiger partial charge in [-0.1, -0.05) is 57.9 Å². The fourth-order valence-electron chi connectivity index (χ4n) is 2.69. The van der Waals surface area contributed by atoms with Crippen molar-refractivity contribution in [3.8, 4) is 5.75 Å². The van der Waals surface area contributed by atoms with E-state index < -0.39 is 10.1 Å². The molecule has 1 amide bonds. The smallest absolute Gasteiger partial charge is 0.339 e. The van der Waals surface area contributed by atoms with Gasteiger partial charge >= 0.3 is 10.1 Å². The zero-order valence-electron chi connectivity index (χ0n) is 16.1. The van der Waals surface area contributed by atoms with Crippen LogP contribution < -0.4 is 9.50 Å². The molecule has 0 aliphatic heterocycles. The van der Waals surface area contributed by atoms with E-state index in [9.17, 15) is 13.2 Å². The molecule has 2 aromatic rings. The predicted molar refractivity (Wildman–Crippen MR) is 108 cm³/mol. The average molecular weight is 390 g/mol. The van der Waals surface area contributed by atoms with Crippen LogP contribution >= 0.6 is 0 Å². The van der Waals surface area contributed by atoms with Crippen molar-refractivity contribution < 1.29 is 17.4 Å². The van der Waals surface area contributed by atoms with E-state index in [-0.39, 0.29) is 16.7 Å². The molecule has 0 saturated heterocycles. The molecule has 1 N–H and O–H groups in total. The highest BCUT2D eigenvalue weighted by molar-refractivity contribution is 7.87. The van der Waals surface area contributed by atoms with Gasteiger partial charge in [0.05, 0.1) is 0 Å². The van der Waals surface area contributed by atoms with Gasteiger partial charge in [-0.15, -0.1) is 0 Å².